The fourth-order valence-corrected chi connectivity index (χ4v) is 0.953. The fourth-order valence-electron chi connectivity index (χ4n) is 0.953. The molecule has 1 heterocycles. The molecule has 1 rings (SSSR count). The smallest absolute Gasteiger partial charge is 0.304 e. The van der Waals surface area contributed by atoms with Crippen LogP contribution in [0.5, 0.6) is 5.88 Å². The molecular weight excluding hydrogens is 225 g/mol. The van der Waals surface area contributed by atoms with E-state index in [0.717, 1.165) is 0 Å². The molecule has 0 radical (unpaired) electrons. The molecule has 0 saturated heterocycles. The zero-order valence-electron chi connectivity index (χ0n) is 8.19. The molecule has 0 saturated carbocycles. The Morgan fingerprint density at radius 3 is 2.50 bits per heavy atom. The van der Waals surface area contributed by atoms with Crippen LogP contribution in [0.15, 0.2) is 18.3 Å². The van der Waals surface area contributed by atoms with Crippen molar-refractivity contribution >= 4 is 0 Å². The summed E-state index contributed by atoms with van der Waals surface area (Å²) in [5.74, 6) is -0.262. The molecule has 0 bridgehead atoms. The van der Waals surface area contributed by atoms with Crippen molar-refractivity contribution in [1.29, 1.82) is 0 Å². The number of rotatable bonds is 5. The van der Waals surface area contributed by atoms with Crippen LogP contribution in [0.1, 0.15) is 11.6 Å². The predicted octanol–water partition coefficient (Wildman–Crippen LogP) is 1.01. The van der Waals surface area contributed by atoms with Crippen molar-refractivity contribution in [2.24, 2.45) is 5.73 Å². The third-order valence-corrected chi connectivity index (χ3v) is 1.82. The Balaban J connectivity index is 2.64. The predicted molar refractivity (Wildman–Crippen MR) is 49.8 cm³/mol. The van der Waals surface area contributed by atoms with Crippen molar-refractivity contribution in [1.82, 2.24) is 4.98 Å². The maximum Gasteiger partial charge on any atom is 0.304 e. The van der Waals surface area contributed by atoms with E-state index in [9.17, 15) is 13.2 Å². The topological polar surface area (TPSA) is 68.4 Å². The van der Waals surface area contributed by atoms with Gasteiger partial charge >= 0.3 is 6.43 Å². The lowest BCUT2D eigenvalue weighted by atomic mass is 10.1. The molecule has 0 amide bonds. The van der Waals surface area contributed by atoms with E-state index in [1.807, 2.05) is 0 Å². The summed E-state index contributed by atoms with van der Waals surface area (Å²) in [5, 5.41) is 8.73. The Hall–Kier alpha value is -1.34. The van der Waals surface area contributed by atoms with Crippen molar-refractivity contribution in [3.05, 3.63) is 23.9 Å². The highest BCUT2D eigenvalue weighted by atomic mass is 19.3. The number of aliphatic hydroxyl groups excluding tert-OH is 1. The molecule has 1 aromatic heterocycles. The van der Waals surface area contributed by atoms with Crippen LogP contribution in [-0.2, 0) is 0 Å². The lowest BCUT2D eigenvalue weighted by Gasteiger charge is -2.11. The van der Waals surface area contributed by atoms with Gasteiger partial charge in [-0.3, -0.25) is 0 Å². The number of halogens is 3. The second-order valence-corrected chi connectivity index (χ2v) is 3.02. The van der Waals surface area contributed by atoms with Crippen LogP contribution in [0.4, 0.5) is 13.2 Å². The number of pyridine rings is 1. The average molecular weight is 236 g/mol. The number of nitrogens with zero attached hydrogens (tertiary/aromatic N) is 1. The van der Waals surface area contributed by atoms with Crippen LogP contribution in [0.3, 0.4) is 0 Å². The molecule has 2 unspecified atom stereocenters. The summed E-state index contributed by atoms with van der Waals surface area (Å²) in [4.78, 5) is 3.58. The molecule has 0 fully saturated rings. The largest absolute Gasteiger partial charge is 0.437 e. The highest BCUT2D eigenvalue weighted by Gasteiger charge is 2.21. The zero-order chi connectivity index (χ0) is 12.1. The first kappa shape index (κ1) is 12.7. The van der Waals surface area contributed by atoms with E-state index in [0.29, 0.717) is 5.56 Å². The lowest BCUT2D eigenvalue weighted by molar-refractivity contribution is -0.0690. The normalized spacial score (nSPS) is 14.9. The van der Waals surface area contributed by atoms with Gasteiger partial charge < -0.3 is 15.6 Å². The summed E-state index contributed by atoms with van der Waals surface area (Å²) >= 11 is 0. The van der Waals surface area contributed by atoms with E-state index >= 15 is 0 Å². The Labute approximate surface area is 89.9 Å². The molecule has 7 heteroatoms. The molecule has 0 aliphatic carbocycles. The van der Waals surface area contributed by atoms with E-state index < -0.39 is 18.8 Å². The van der Waals surface area contributed by atoms with E-state index in [1.54, 1.807) is 0 Å². The van der Waals surface area contributed by atoms with Gasteiger partial charge in [0.2, 0.25) is 5.88 Å². The van der Waals surface area contributed by atoms with Crippen LogP contribution in [-0.4, -0.2) is 29.5 Å². The first-order valence-electron chi connectivity index (χ1n) is 4.46. The van der Waals surface area contributed by atoms with E-state index in [4.69, 9.17) is 10.8 Å². The maximum atomic E-state index is 12.5. The molecule has 16 heavy (non-hydrogen) atoms. The van der Waals surface area contributed by atoms with E-state index in [1.165, 1.54) is 18.3 Å². The van der Waals surface area contributed by atoms with Gasteiger partial charge in [-0.05, 0) is 5.56 Å². The maximum absolute atomic E-state index is 12.5. The van der Waals surface area contributed by atoms with Crippen molar-refractivity contribution in [2.45, 2.75) is 18.8 Å². The molecule has 2 atom stereocenters. The van der Waals surface area contributed by atoms with Crippen molar-refractivity contribution in [2.75, 3.05) is 6.61 Å². The Morgan fingerprint density at radius 2 is 2.06 bits per heavy atom. The van der Waals surface area contributed by atoms with E-state index in [2.05, 4.69) is 9.72 Å². The molecule has 90 valence electrons. The third kappa shape index (κ3) is 3.35. The van der Waals surface area contributed by atoms with Crippen molar-refractivity contribution in [3.63, 3.8) is 0 Å². The first-order chi connectivity index (χ1) is 7.54. The molecule has 0 aromatic carbocycles. The summed E-state index contributed by atoms with van der Waals surface area (Å²) in [7, 11) is 0. The molecule has 1 aromatic rings. The Bertz CT molecular complexity index is 321. The number of aliphatic hydroxyl groups is 1. The van der Waals surface area contributed by atoms with Crippen LogP contribution in [0, 0.1) is 0 Å². The molecule has 0 aliphatic rings. The number of ether oxygens (including phenoxy) is 1. The van der Waals surface area contributed by atoms with Crippen LogP contribution in [0.25, 0.3) is 0 Å². The highest BCUT2D eigenvalue weighted by molar-refractivity contribution is 5.20. The van der Waals surface area contributed by atoms with E-state index in [-0.39, 0.29) is 12.5 Å². The summed E-state index contributed by atoms with van der Waals surface area (Å²) in [6.45, 7) is -0.273. The second-order valence-electron chi connectivity index (χ2n) is 3.02. The number of alkyl halides is 3. The molecule has 4 nitrogen and oxygen atoms in total. The summed E-state index contributed by atoms with van der Waals surface area (Å²) in [6.07, 6.45) is -4.69. The van der Waals surface area contributed by atoms with Gasteiger partial charge in [0.1, 0.15) is 0 Å². The van der Waals surface area contributed by atoms with Crippen LogP contribution in [0.2, 0.25) is 0 Å². The summed E-state index contributed by atoms with van der Waals surface area (Å²) in [6, 6.07) is 2.01. The number of hydrogen-bond donors (Lipinski definition) is 2. The number of hydrogen-bond acceptors (Lipinski definition) is 4. The fraction of sp³-hybridized carbons (Fsp3) is 0.444. The second kappa shape index (κ2) is 5.66. The van der Waals surface area contributed by atoms with Crippen molar-refractivity contribution in [3.8, 4) is 5.88 Å². The molecule has 3 N–H and O–H groups in total. The first-order valence-corrected chi connectivity index (χ1v) is 4.46. The third-order valence-electron chi connectivity index (χ3n) is 1.82. The average Bonchev–Trinajstić information content (AvgIpc) is 2.28. The standard InChI is InChI=1S/C9H11F3N2O2/c10-8(11)9(12)16-7-2-1-5(3-14-7)6(13)4-15/h1-3,6,8-9,15H,4,13H2. The summed E-state index contributed by atoms with van der Waals surface area (Å²) in [5.41, 5.74) is 5.97. The van der Waals surface area contributed by atoms with Gasteiger partial charge in [0.05, 0.1) is 12.6 Å². The van der Waals surface area contributed by atoms with Gasteiger partial charge in [-0.1, -0.05) is 6.07 Å². The lowest BCUT2D eigenvalue weighted by Crippen LogP contribution is -2.20. The van der Waals surface area contributed by atoms with Gasteiger partial charge in [0.25, 0.3) is 6.36 Å². The van der Waals surface area contributed by atoms with Gasteiger partial charge in [0, 0.05) is 12.3 Å². The van der Waals surface area contributed by atoms with Crippen LogP contribution >= 0.6 is 0 Å². The number of aromatic nitrogens is 1. The van der Waals surface area contributed by atoms with Gasteiger partial charge in [-0.15, -0.1) is 0 Å². The molecule has 0 aliphatic heterocycles. The Kier molecular flexibility index (Phi) is 4.51. The minimum Gasteiger partial charge on any atom is -0.437 e. The quantitative estimate of drug-likeness (QED) is 0.800. The van der Waals surface area contributed by atoms with Crippen molar-refractivity contribution < 1.29 is 23.0 Å². The minimum atomic E-state index is -3.22. The Morgan fingerprint density at radius 1 is 1.38 bits per heavy atom. The monoisotopic (exact) mass is 236 g/mol. The summed E-state index contributed by atoms with van der Waals surface area (Å²) < 4.78 is 40.3. The highest BCUT2D eigenvalue weighted by Crippen LogP contribution is 2.16. The zero-order valence-corrected chi connectivity index (χ0v) is 8.19. The van der Waals surface area contributed by atoms with Gasteiger partial charge in [-0.2, -0.15) is 4.39 Å². The van der Waals surface area contributed by atoms with Gasteiger partial charge in [-0.25, -0.2) is 13.8 Å². The molecule has 0 spiro atoms. The minimum absolute atomic E-state index is 0.262. The molecular formula is C9H11F3N2O2. The van der Waals surface area contributed by atoms with Crippen LogP contribution < -0.4 is 10.5 Å². The SMILES string of the molecule is NC(CO)c1ccc(OC(F)C(F)F)nc1. The van der Waals surface area contributed by atoms with Gasteiger partial charge in [0.15, 0.2) is 0 Å². The number of nitrogens with two attached hydrogens (primary N) is 1.